The number of rotatable bonds is 3. The van der Waals surface area contributed by atoms with Gasteiger partial charge < -0.3 is 10.0 Å². The van der Waals surface area contributed by atoms with E-state index in [2.05, 4.69) is 0 Å². The fourth-order valence-electron chi connectivity index (χ4n) is 3.82. The maximum Gasteiger partial charge on any atom is 0.322 e. The summed E-state index contributed by atoms with van der Waals surface area (Å²) in [5.74, 6) is -1.19. The topological polar surface area (TPSA) is 95.0 Å². The molecule has 1 fully saturated rings. The summed E-state index contributed by atoms with van der Waals surface area (Å²) in [6.45, 7) is 3.62. The molecule has 25 heavy (non-hydrogen) atoms. The van der Waals surface area contributed by atoms with E-state index >= 15 is 0 Å². The number of piperidine rings is 1. The van der Waals surface area contributed by atoms with Gasteiger partial charge in [-0.3, -0.25) is 9.59 Å². The van der Waals surface area contributed by atoms with E-state index in [0.29, 0.717) is 25.7 Å². The summed E-state index contributed by atoms with van der Waals surface area (Å²) in [4.78, 5) is 25.0. The van der Waals surface area contributed by atoms with Crippen LogP contribution in [-0.4, -0.2) is 48.3 Å². The highest BCUT2D eigenvalue weighted by Crippen LogP contribution is 2.35. The van der Waals surface area contributed by atoms with Gasteiger partial charge in [0.1, 0.15) is 6.04 Å². The number of aliphatic carboxylic acids is 1. The SMILES string of the molecule is CC(=O)N1c2ccc(S(=O)(=O)N3CCCCC3C(=O)O)cc2CC1C. The van der Waals surface area contributed by atoms with Crippen LogP contribution >= 0.6 is 0 Å². The van der Waals surface area contributed by atoms with Gasteiger partial charge in [-0.15, -0.1) is 0 Å². The number of benzene rings is 1. The first-order valence-corrected chi connectivity index (χ1v) is 9.85. The zero-order valence-electron chi connectivity index (χ0n) is 14.3. The molecule has 8 heteroatoms. The van der Waals surface area contributed by atoms with Gasteiger partial charge in [0.15, 0.2) is 0 Å². The Hall–Kier alpha value is -1.93. The van der Waals surface area contributed by atoms with Gasteiger partial charge in [-0.2, -0.15) is 4.31 Å². The second-order valence-electron chi connectivity index (χ2n) is 6.70. The predicted octanol–water partition coefficient (Wildman–Crippen LogP) is 1.61. The van der Waals surface area contributed by atoms with Crippen molar-refractivity contribution in [3.05, 3.63) is 23.8 Å². The summed E-state index contributed by atoms with van der Waals surface area (Å²) >= 11 is 0. The molecule has 0 bridgehead atoms. The minimum absolute atomic E-state index is 0.0211. The van der Waals surface area contributed by atoms with Crippen molar-refractivity contribution in [2.75, 3.05) is 11.4 Å². The molecule has 2 aliphatic rings. The quantitative estimate of drug-likeness (QED) is 0.877. The molecule has 3 rings (SSSR count). The number of carbonyl (C=O) groups is 2. The Bertz CT molecular complexity index is 820. The summed E-state index contributed by atoms with van der Waals surface area (Å²) in [5, 5.41) is 9.35. The number of carboxylic acid groups (broad SMARTS) is 1. The van der Waals surface area contributed by atoms with Gasteiger partial charge in [-0.1, -0.05) is 0 Å². The highest BCUT2D eigenvalue weighted by Gasteiger charge is 2.38. The highest BCUT2D eigenvalue weighted by atomic mass is 32.2. The van der Waals surface area contributed by atoms with Crippen molar-refractivity contribution in [3.63, 3.8) is 0 Å². The maximum atomic E-state index is 13.0. The molecule has 2 unspecified atom stereocenters. The Balaban J connectivity index is 1.98. The van der Waals surface area contributed by atoms with Crippen LogP contribution in [0, 0.1) is 0 Å². The zero-order valence-corrected chi connectivity index (χ0v) is 15.1. The largest absolute Gasteiger partial charge is 0.480 e. The first-order valence-electron chi connectivity index (χ1n) is 8.41. The van der Waals surface area contributed by atoms with Crippen molar-refractivity contribution in [2.45, 2.75) is 56.5 Å². The second kappa shape index (κ2) is 6.42. The Morgan fingerprint density at radius 1 is 1.24 bits per heavy atom. The number of hydrogen-bond acceptors (Lipinski definition) is 4. The molecule has 0 spiro atoms. The van der Waals surface area contributed by atoms with E-state index in [0.717, 1.165) is 15.6 Å². The molecule has 1 saturated heterocycles. The van der Waals surface area contributed by atoms with Crippen LogP contribution in [0.4, 0.5) is 5.69 Å². The van der Waals surface area contributed by atoms with Gasteiger partial charge >= 0.3 is 5.97 Å². The summed E-state index contributed by atoms with van der Waals surface area (Å²) in [7, 11) is -3.88. The van der Waals surface area contributed by atoms with Crippen molar-refractivity contribution in [2.24, 2.45) is 0 Å². The van der Waals surface area contributed by atoms with Crippen LogP contribution in [0.25, 0.3) is 0 Å². The molecule has 2 heterocycles. The second-order valence-corrected chi connectivity index (χ2v) is 8.59. The van der Waals surface area contributed by atoms with Crippen molar-refractivity contribution in [1.82, 2.24) is 4.31 Å². The van der Waals surface area contributed by atoms with Crippen LogP contribution in [0.5, 0.6) is 0 Å². The van der Waals surface area contributed by atoms with Gasteiger partial charge in [0.05, 0.1) is 4.90 Å². The fraction of sp³-hybridized carbons (Fsp3) is 0.529. The Morgan fingerprint density at radius 3 is 2.60 bits per heavy atom. The monoisotopic (exact) mass is 366 g/mol. The van der Waals surface area contributed by atoms with Crippen LogP contribution in [0.1, 0.15) is 38.7 Å². The average molecular weight is 366 g/mol. The molecule has 1 N–H and O–H groups in total. The van der Waals surface area contributed by atoms with E-state index < -0.39 is 22.0 Å². The lowest BCUT2D eigenvalue weighted by atomic mass is 10.1. The van der Waals surface area contributed by atoms with E-state index in [1.807, 2.05) is 6.92 Å². The van der Waals surface area contributed by atoms with Crippen molar-refractivity contribution in [3.8, 4) is 0 Å². The Labute approximate surface area is 147 Å². The van der Waals surface area contributed by atoms with E-state index in [4.69, 9.17) is 0 Å². The van der Waals surface area contributed by atoms with Crippen LogP contribution in [0.15, 0.2) is 23.1 Å². The number of carbonyl (C=O) groups excluding carboxylic acids is 1. The first kappa shape index (κ1) is 17.9. The summed E-state index contributed by atoms with van der Waals surface area (Å²) in [6, 6.07) is 3.66. The third-order valence-electron chi connectivity index (χ3n) is 4.95. The molecule has 1 aromatic carbocycles. The highest BCUT2D eigenvalue weighted by molar-refractivity contribution is 7.89. The standard InChI is InChI=1S/C17H22N2O5S/c1-11-9-13-10-14(6-7-15(13)19(11)12(2)20)25(23,24)18-8-4-3-5-16(18)17(21)22/h6-7,10-11,16H,3-5,8-9H2,1-2H3,(H,21,22). The lowest BCUT2D eigenvalue weighted by Crippen LogP contribution is -2.47. The third kappa shape index (κ3) is 3.04. The number of sulfonamides is 1. The van der Waals surface area contributed by atoms with Crippen LogP contribution in [0.3, 0.4) is 0 Å². The molecule has 136 valence electrons. The number of nitrogens with zero attached hydrogens (tertiary/aromatic N) is 2. The molecule has 0 aliphatic carbocycles. The van der Waals surface area contributed by atoms with E-state index in [-0.39, 0.29) is 23.4 Å². The maximum absolute atomic E-state index is 13.0. The Kier molecular flexibility index (Phi) is 4.59. The van der Waals surface area contributed by atoms with Crippen molar-refractivity contribution in [1.29, 1.82) is 0 Å². The summed E-state index contributed by atoms with van der Waals surface area (Å²) in [6.07, 6.45) is 2.27. The van der Waals surface area contributed by atoms with Crippen LogP contribution < -0.4 is 4.90 Å². The van der Waals surface area contributed by atoms with E-state index in [9.17, 15) is 23.1 Å². The van der Waals surface area contributed by atoms with Crippen LogP contribution in [0.2, 0.25) is 0 Å². The molecule has 2 aliphatic heterocycles. The van der Waals surface area contributed by atoms with Crippen molar-refractivity contribution < 1.29 is 23.1 Å². The molecular weight excluding hydrogens is 344 g/mol. The lowest BCUT2D eigenvalue weighted by Gasteiger charge is -2.32. The first-order chi connectivity index (χ1) is 11.7. The fourth-order valence-corrected chi connectivity index (χ4v) is 5.52. The van der Waals surface area contributed by atoms with Crippen LogP contribution in [-0.2, 0) is 26.0 Å². The summed E-state index contributed by atoms with van der Waals surface area (Å²) < 4.78 is 27.1. The van der Waals surface area contributed by atoms with Gasteiger partial charge in [-0.25, -0.2) is 8.42 Å². The normalized spacial score (nSPS) is 24.2. The molecular formula is C17H22N2O5S. The predicted molar refractivity (Wildman–Crippen MR) is 91.9 cm³/mol. The molecule has 1 amide bonds. The number of amides is 1. The molecule has 0 aromatic heterocycles. The smallest absolute Gasteiger partial charge is 0.322 e. The third-order valence-corrected chi connectivity index (χ3v) is 6.86. The van der Waals surface area contributed by atoms with Gasteiger partial charge in [0, 0.05) is 25.2 Å². The van der Waals surface area contributed by atoms with Gasteiger partial charge in [0.25, 0.3) is 0 Å². The minimum Gasteiger partial charge on any atom is -0.480 e. The number of carboxylic acids is 1. The van der Waals surface area contributed by atoms with Gasteiger partial charge in [-0.05, 0) is 56.4 Å². The van der Waals surface area contributed by atoms with E-state index in [1.165, 1.54) is 13.0 Å². The lowest BCUT2D eigenvalue weighted by molar-refractivity contribution is -0.142. The number of hydrogen-bond donors (Lipinski definition) is 1. The minimum atomic E-state index is -3.88. The molecule has 0 radical (unpaired) electrons. The Morgan fingerprint density at radius 2 is 1.96 bits per heavy atom. The zero-order chi connectivity index (χ0) is 18.4. The molecule has 7 nitrogen and oxygen atoms in total. The summed E-state index contributed by atoms with van der Waals surface area (Å²) in [5.41, 5.74) is 1.53. The average Bonchev–Trinajstić information content (AvgIpc) is 2.89. The number of anilines is 1. The molecule has 1 aromatic rings. The van der Waals surface area contributed by atoms with Crippen molar-refractivity contribution >= 4 is 27.6 Å². The molecule has 2 atom stereocenters. The van der Waals surface area contributed by atoms with E-state index in [1.54, 1.807) is 17.0 Å². The molecule has 0 saturated carbocycles. The number of fused-ring (bicyclic) bond motifs is 1. The van der Waals surface area contributed by atoms with Gasteiger partial charge in [0.2, 0.25) is 15.9 Å².